The summed E-state index contributed by atoms with van der Waals surface area (Å²) < 4.78 is 12.0. The van der Waals surface area contributed by atoms with Crippen molar-refractivity contribution in [3.63, 3.8) is 0 Å². The highest BCUT2D eigenvalue weighted by Crippen LogP contribution is 2.16. The van der Waals surface area contributed by atoms with Gasteiger partial charge < -0.3 is 14.8 Å². The van der Waals surface area contributed by atoms with Crippen LogP contribution in [0.25, 0.3) is 11.3 Å². The van der Waals surface area contributed by atoms with Gasteiger partial charge >= 0.3 is 5.97 Å². The minimum Gasteiger partial charge on any atom is -0.493 e. The van der Waals surface area contributed by atoms with Crippen LogP contribution in [0.5, 0.6) is 5.75 Å². The van der Waals surface area contributed by atoms with Gasteiger partial charge in [0, 0.05) is 23.6 Å². The Morgan fingerprint density at radius 2 is 1.76 bits per heavy atom. The Bertz CT molecular complexity index is 1170. The van der Waals surface area contributed by atoms with Crippen molar-refractivity contribution in [2.45, 2.75) is 33.9 Å². The van der Waals surface area contributed by atoms with Crippen molar-refractivity contribution in [1.29, 1.82) is 0 Å². The predicted octanol–water partition coefficient (Wildman–Crippen LogP) is 3.44. The van der Waals surface area contributed by atoms with Gasteiger partial charge in [0.25, 0.3) is 11.5 Å². The molecule has 1 N–H and O–H groups in total. The highest BCUT2D eigenvalue weighted by atomic mass is 16.5. The molecule has 3 aromatic rings. The van der Waals surface area contributed by atoms with Crippen molar-refractivity contribution in [3.05, 3.63) is 82.4 Å². The summed E-state index contributed by atoms with van der Waals surface area (Å²) >= 11 is 0. The predicted molar refractivity (Wildman–Crippen MR) is 129 cm³/mol. The van der Waals surface area contributed by atoms with Crippen molar-refractivity contribution in [2.75, 3.05) is 13.2 Å². The average molecular weight is 464 g/mol. The second kappa shape index (κ2) is 11.8. The third-order valence-electron chi connectivity index (χ3n) is 5.18. The van der Waals surface area contributed by atoms with E-state index in [1.807, 2.05) is 37.3 Å². The molecule has 34 heavy (non-hydrogen) atoms. The molecule has 178 valence electrons. The van der Waals surface area contributed by atoms with Crippen LogP contribution in [0, 0.1) is 5.92 Å². The number of ether oxygens (including phenoxy) is 2. The lowest BCUT2D eigenvalue weighted by Gasteiger charge is -2.14. The molecular formula is C26H29N3O5. The Labute approximate surface area is 198 Å². The summed E-state index contributed by atoms with van der Waals surface area (Å²) in [6.45, 7) is 5.91. The van der Waals surface area contributed by atoms with E-state index >= 15 is 0 Å². The summed E-state index contributed by atoms with van der Waals surface area (Å²) in [5, 5.41) is 2.77. The van der Waals surface area contributed by atoms with Crippen LogP contribution >= 0.6 is 0 Å². The maximum absolute atomic E-state index is 12.7. The van der Waals surface area contributed by atoms with E-state index in [1.54, 1.807) is 38.1 Å². The molecule has 1 atom stereocenters. The minimum absolute atomic E-state index is 0.0121. The first kappa shape index (κ1) is 24.7. The number of carbonyl (C=O) groups excluding carboxylic acids is 2. The van der Waals surface area contributed by atoms with E-state index in [0.717, 1.165) is 5.56 Å². The summed E-state index contributed by atoms with van der Waals surface area (Å²) in [6, 6.07) is 17.5. The number of benzene rings is 2. The maximum Gasteiger partial charge on any atom is 0.312 e. The number of amides is 1. The summed E-state index contributed by atoms with van der Waals surface area (Å²) in [5.74, 6) is 0.0962. The molecule has 0 saturated carbocycles. The molecule has 3 rings (SSSR count). The van der Waals surface area contributed by atoms with Gasteiger partial charge in [-0.1, -0.05) is 37.3 Å². The van der Waals surface area contributed by atoms with Gasteiger partial charge in [-0.05, 0) is 38.1 Å². The molecule has 1 amide bonds. The molecule has 0 radical (unpaired) electrons. The molecule has 8 heteroatoms. The van der Waals surface area contributed by atoms with Gasteiger partial charge in [-0.2, -0.15) is 0 Å². The quantitative estimate of drug-likeness (QED) is 0.463. The SMILES string of the molecule is CCOC(=O)C(C)COc1ccc(C(=O)NCn2c(CC)nc(-c3ccccc3)cc2=O)cc1. The minimum atomic E-state index is -0.393. The van der Waals surface area contributed by atoms with Gasteiger partial charge in [-0.15, -0.1) is 0 Å². The van der Waals surface area contributed by atoms with E-state index in [4.69, 9.17) is 9.47 Å². The van der Waals surface area contributed by atoms with Crippen LogP contribution in [0.1, 0.15) is 37.0 Å². The van der Waals surface area contributed by atoms with Crippen LogP contribution in [-0.4, -0.2) is 34.6 Å². The second-order valence-corrected chi connectivity index (χ2v) is 7.70. The molecule has 2 aromatic carbocycles. The highest BCUT2D eigenvalue weighted by molar-refractivity contribution is 5.94. The lowest BCUT2D eigenvalue weighted by molar-refractivity contribution is -0.148. The maximum atomic E-state index is 12.7. The van der Waals surface area contributed by atoms with Crippen molar-refractivity contribution < 1.29 is 19.1 Å². The van der Waals surface area contributed by atoms with Gasteiger partial charge in [0.1, 0.15) is 18.2 Å². The molecule has 1 aromatic heterocycles. The molecule has 1 unspecified atom stereocenters. The van der Waals surface area contributed by atoms with Crippen molar-refractivity contribution >= 4 is 11.9 Å². The van der Waals surface area contributed by atoms with Crippen LogP contribution in [0.2, 0.25) is 0 Å². The zero-order valence-corrected chi connectivity index (χ0v) is 19.6. The number of carbonyl (C=O) groups is 2. The average Bonchev–Trinajstić information content (AvgIpc) is 2.86. The topological polar surface area (TPSA) is 99.5 Å². The number of hydrogen-bond donors (Lipinski definition) is 1. The fraction of sp³-hybridized carbons (Fsp3) is 0.308. The molecule has 0 aliphatic rings. The number of nitrogens with one attached hydrogen (secondary N) is 1. The van der Waals surface area contributed by atoms with Crippen molar-refractivity contribution in [2.24, 2.45) is 5.92 Å². The van der Waals surface area contributed by atoms with E-state index in [9.17, 15) is 14.4 Å². The van der Waals surface area contributed by atoms with Gasteiger partial charge in [0.05, 0.1) is 24.9 Å². The van der Waals surface area contributed by atoms with Crippen molar-refractivity contribution in [3.8, 4) is 17.0 Å². The Balaban J connectivity index is 1.62. The van der Waals surface area contributed by atoms with Gasteiger partial charge in [-0.25, -0.2) is 4.98 Å². The van der Waals surface area contributed by atoms with Crippen molar-refractivity contribution in [1.82, 2.24) is 14.9 Å². The molecule has 0 saturated heterocycles. The normalized spacial score (nSPS) is 11.5. The molecule has 0 bridgehead atoms. The van der Waals surface area contributed by atoms with Crippen LogP contribution in [0.4, 0.5) is 0 Å². The zero-order valence-electron chi connectivity index (χ0n) is 19.6. The first-order valence-electron chi connectivity index (χ1n) is 11.3. The molecule has 0 aliphatic carbocycles. The van der Waals surface area contributed by atoms with Crippen LogP contribution < -0.4 is 15.6 Å². The molecular weight excluding hydrogens is 434 g/mol. The zero-order chi connectivity index (χ0) is 24.5. The summed E-state index contributed by atoms with van der Waals surface area (Å²) in [5.41, 5.74) is 1.67. The van der Waals surface area contributed by atoms with E-state index in [1.165, 1.54) is 10.6 Å². The van der Waals surface area contributed by atoms with E-state index in [2.05, 4.69) is 10.3 Å². The number of aromatic nitrogens is 2. The smallest absolute Gasteiger partial charge is 0.312 e. The first-order chi connectivity index (χ1) is 16.4. The molecule has 0 spiro atoms. The number of rotatable bonds is 10. The Kier molecular flexibility index (Phi) is 8.56. The molecule has 0 fully saturated rings. The molecule has 0 aliphatic heterocycles. The van der Waals surface area contributed by atoms with Crippen LogP contribution in [-0.2, 0) is 22.6 Å². The van der Waals surface area contributed by atoms with E-state index in [-0.39, 0.29) is 30.7 Å². The van der Waals surface area contributed by atoms with E-state index in [0.29, 0.717) is 35.9 Å². The lowest BCUT2D eigenvalue weighted by Crippen LogP contribution is -2.34. The Morgan fingerprint density at radius 1 is 1.06 bits per heavy atom. The van der Waals surface area contributed by atoms with Gasteiger partial charge in [0.2, 0.25) is 0 Å². The largest absolute Gasteiger partial charge is 0.493 e. The second-order valence-electron chi connectivity index (χ2n) is 7.70. The summed E-state index contributed by atoms with van der Waals surface area (Å²) in [7, 11) is 0. The fourth-order valence-electron chi connectivity index (χ4n) is 3.28. The summed E-state index contributed by atoms with van der Waals surface area (Å²) in [6.07, 6.45) is 0.544. The Hall–Kier alpha value is -3.94. The molecule has 8 nitrogen and oxygen atoms in total. The number of esters is 1. The third kappa shape index (κ3) is 6.31. The number of hydrogen-bond acceptors (Lipinski definition) is 6. The first-order valence-corrected chi connectivity index (χ1v) is 11.3. The molecule has 1 heterocycles. The number of aryl methyl sites for hydroxylation is 1. The third-order valence-corrected chi connectivity index (χ3v) is 5.18. The Morgan fingerprint density at radius 3 is 2.41 bits per heavy atom. The van der Waals surface area contributed by atoms with Crippen LogP contribution in [0.3, 0.4) is 0 Å². The lowest BCUT2D eigenvalue weighted by atomic mass is 10.1. The standard InChI is InChI=1S/C26H29N3O5/c1-4-23-28-22(19-9-7-6-8-10-19)15-24(30)29(23)17-27-25(31)20-11-13-21(14-12-20)34-16-18(3)26(32)33-5-2/h6-15,18H,4-5,16-17H2,1-3H3,(H,27,31). The monoisotopic (exact) mass is 463 g/mol. The van der Waals surface area contributed by atoms with Gasteiger partial charge in [-0.3, -0.25) is 19.0 Å². The fourth-order valence-corrected chi connectivity index (χ4v) is 3.28. The van der Waals surface area contributed by atoms with Gasteiger partial charge in [0.15, 0.2) is 0 Å². The summed E-state index contributed by atoms with van der Waals surface area (Å²) in [4.78, 5) is 41.6. The number of nitrogens with zero attached hydrogens (tertiary/aromatic N) is 2. The highest BCUT2D eigenvalue weighted by Gasteiger charge is 2.15. The van der Waals surface area contributed by atoms with E-state index < -0.39 is 5.92 Å². The van der Waals surface area contributed by atoms with Crippen LogP contribution in [0.15, 0.2) is 65.5 Å².